The summed E-state index contributed by atoms with van der Waals surface area (Å²) in [6, 6.07) is 0.342. The lowest BCUT2D eigenvalue weighted by molar-refractivity contribution is -0.129. The molecule has 0 aromatic heterocycles. The Kier molecular flexibility index (Phi) is 5.53. The number of alkyl halides is 2. The molecule has 1 spiro atoms. The summed E-state index contributed by atoms with van der Waals surface area (Å²) < 4.78 is 6.91. The summed E-state index contributed by atoms with van der Waals surface area (Å²) in [5, 5.41) is 14.4. The second-order valence-electron chi connectivity index (χ2n) is 13.4. The minimum absolute atomic E-state index is 0.0333. The Morgan fingerprint density at radius 1 is 1.15 bits per heavy atom. The van der Waals surface area contributed by atoms with Crippen molar-refractivity contribution in [3.8, 4) is 0 Å². The van der Waals surface area contributed by atoms with E-state index in [0.29, 0.717) is 41.9 Å². The predicted molar refractivity (Wildman–Crippen MR) is 141 cm³/mol. The molecule has 4 aliphatic carbocycles. The van der Waals surface area contributed by atoms with Gasteiger partial charge in [-0.3, -0.25) is 4.79 Å². The van der Waals surface area contributed by atoms with Gasteiger partial charge in [-0.15, -0.1) is 0 Å². The van der Waals surface area contributed by atoms with Crippen molar-refractivity contribution in [2.75, 3.05) is 6.54 Å². The van der Waals surface area contributed by atoms with Crippen molar-refractivity contribution in [1.29, 1.82) is 0 Å². The first-order chi connectivity index (χ1) is 15.9. The summed E-state index contributed by atoms with van der Waals surface area (Å²) in [5.41, 5.74) is 1.71. The van der Waals surface area contributed by atoms with Crippen LogP contribution in [0.25, 0.3) is 0 Å². The van der Waals surface area contributed by atoms with Crippen molar-refractivity contribution in [2.24, 2.45) is 35.0 Å². The fourth-order valence-electron chi connectivity index (χ4n) is 10.1. The van der Waals surface area contributed by atoms with Crippen molar-refractivity contribution >= 4 is 37.6 Å². The maximum absolute atomic E-state index is 14.4. The van der Waals surface area contributed by atoms with Crippen molar-refractivity contribution in [2.45, 2.75) is 112 Å². The average molecular weight is 599 g/mol. The van der Waals surface area contributed by atoms with Gasteiger partial charge < -0.3 is 15.2 Å². The maximum atomic E-state index is 14.4. The van der Waals surface area contributed by atoms with Crippen LogP contribution in [0.4, 0.5) is 0 Å². The van der Waals surface area contributed by atoms with Gasteiger partial charge in [0.1, 0.15) is 0 Å². The van der Waals surface area contributed by atoms with E-state index < -0.39 is 0 Å². The van der Waals surface area contributed by atoms with Crippen molar-refractivity contribution in [3.63, 3.8) is 0 Å². The van der Waals surface area contributed by atoms with Crippen LogP contribution in [0.1, 0.15) is 79.6 Å². The van der Waals surface area contributed by atoms with Crippen LogP contribution in [-0.4, -0.2) is 49.9 Å². The van der Waals surface area contributed by atoms with E-state index in [1.165, 1.54) is 5.57 Å². The smallest absolute Gasteiger partial charge is 0.163 e. The van der Waals surface area contributed by atoms with Crippen LogP contribution in [0, 0.1) is 35.0 Å². The summed E-state index contributed by atoms with van der Waals surface area (Å²) in [6.45, 7) is 12.6. The quantitative estimate of drug-likeness (QED) is 0.359. The number of piperidine rings is 1. The number of aliphatic hydroxyl groups excluding tert-OH is 1. The first-order valence-corrected chi connectivity index (χ1v) is 15.3. The second-order valence-corrected chi connectivity index (χ2v) is 15.9. The molecule has 6 aliphatic rings. The number of Topliss-reactive ketones (excluding diaryl/α,β-unsaturated/α-hetero) is 1. The normalized spacial score (nSPS) is 59.0. The van der Waals surface area contributed by atoms with Gasteiger partial charge >= 0.3 is 0 Å². The number of hydrogen-bond acceptors (Lipinski definition) is 4. The number of hydrogen-bond donors (Lipinski definition) is 2. The van der Waals surface area contributed by atoms with E-state index >= 15 is 0 Å². The maximum Gasteiger partial charge on any atom is 0.163 e. The lowest BCUT2D eigenvalue weighted by Gasteiger charge is -2.60. The van der Waals surface area contributed by atoms with E-state index in [9.17, 15) is 9.90 Å². The molecule has 12 atom stereocenters. The predicted octanol–water partition coefficient (Wildman–Crippen LogP) is 5.54. The first-order valence-electron chi connectivity index (χ1n) is 13.6. The standard InChI is InChI=1S/C28H41Br2NO3/c1-14-11-26(5)24(31-13-14)16(3)27(34-26)9-7-18-19-10-20(29)28(30)12-17(32)6-8-25(28,4)22(19)23(33)21(18)15(27)2/h14,16-20,22,24,31-32H,6-13H2,1-5H3/t14-,16+,17-,18?,19-,20?,22+,24-,25+,26+,27-,28?/m0/s1. The molecule has 190 valence electrons. The summed E-state index contributed by atoms with van der Waals surface area (Å²) in [5.74, 6) is 2.12. The summed E-state index contributed by atoms with van der Waals surface area (Å²) in [4.78, 5) is 14.7. The average Bonchev–Trinajstić information content (AvgIpc) is 3.16. The van der Waals surface area contributed by atoms with Gasteiger partial charge in [-0.05, 0) is 94.1 Å². The number of ketones is 1. The second kappa shape index (κ2) is 7.65. The molecule has 2 N–H and O–H groups in total. The van der Waals surface area contributed by atoms with Crippen molar-refractivity contribution < 1.29 is 14.6 Å². The fourth-order valence-corrected chi connectivity index (χ4v) is 12.2. The monoisotopic (exact) mass is 597 g/mol. The number of carbonyl (C=O) groups is 1. The number of allylic oxidation sites excluding steroid dienone is 1. The number of aliphatic hydroxyl groups is 1. The van der Waals surface area contributed by atoms with Crippen LogP contribution in [-0.2, 0) is 9.53 Å². The third kappa shape index (κ3) is 2.90. The molecule has 3 unspecified atom stereocenters. The summed E-state index contributed by atoms with van der Waals surface area (Å²) >= 11 is 8.17. The van der Waals surface area contributed by atoms with Gasteiger partial charge in [-0.25, -0.2) is 0 Å². The molecule has 3 saturated carbocycles. The van der Waals surface area contributed by atoms with Crippen LogP contribution in [0.2, 0.25) is 0 Å². The third-order valence-electron chi connectivity index (χ3n) is 11.6. The highest BCUT2D eigenvalue weighted by molar-refractivity contribution is 9.12. The van der Waals surface area contributed by atoms with Gasteiger partial charge in [0.25, 0.3) is 0 Å². The zero-order valence-electron chi connectivity index (χ0n) is 21.3. The lowest BCUT2D eigenvalue weighted by Crippen LogP contribution is -2.62. The Morgan fingerprint density at radius 2 is 1.88 bits per heavy atom. The van der Waals surface area contributed by atoms with E-state index in [-0.39, 0.29) is 37.8 Å². The van der Waals surface area contributed by atoms with Gasteiger partial charge in [0.15, 0.2) is 5.78 Å². The highest BCUT2D eigenvalue weighted by atomic mass is 79.9. The molecular formula is C28H41Br2NO3. The van der Waals surface area contributed by atoms with Gasteiger partial charge in [0.05, 0.1) is 17.3 Å². The molecule has 0 amide bonds. The molecule has 0 aromatic rings. The van der Waals surface area contributed by atoms with E-state index in [1.54, 1.807) is 0 Å². The largest absolute Gasteiger partial charge is 0.393 e. The Morgan fingerprint density at radius 3 is 2.62 bits per heavy atom. The van der Waals surface area contributed by atoms with Gasteiger partial charge in [-0.2, -0.15) is 0 Å². The molecule has 6 rings (SSSR count). The van der Waals surface area contributed by atoms with E-state index in [1.807, 2.05) is 0 Å². The Bertz CT molecular complexity index is 954. The van der Waals surface area contributed by atoms with Gasteiger partial charge in [-0.1, -0.05) is 52.6 Å². The SMILES string of the molecule is CC1=C2C(=O)[C@H]3[C@@H](CC(Br)C4(Br)C[C@@H](O)CC[C@]34C)C2CC[C@]12O[C@]1(C)C[C@H](C)CN[C@H]1[C@H]2C. The Labute approximate surface area is 221 Å². The van der Waals surface area contributed by atoms with E-state index in [4.69, 9.17) is 4.74 Å². The number of rotatable bonds is 0. The third-order valence-corrected chi connectivity index (χ3v) is 15.2. The molecule has 2 heterocycles. The van der Waals surface area contributed by atoms with Crippen molar-refractivity contribution in [1.82, 2.24) is 5.32 Å². The number of nitrogens with one attached hydrogen (secondary N) is 1. The molecule has 0 aromatic carbocycles. The minimum atomic E-state index is -0.325. The van der Waals surface area contributed by atoms with Crippen LogP contribution in [0.5, 0.6) is 0 Å². The summed E-state index contributed by atoms with van der Waals surface area (Å²) in [7, 11) is 0. The number of halogens is 2. The van der Waals surface area contributed by atoms with Crippen LogP contribution >= 0.6 is 31.9 Å². The van der Waals surface area contributed by atoms with Crippen LogP contribution < -0.4 is 5.32 Å². The lowest BCUT2D eigenvalue weighted by atomic mass is 9.51. The summed E-state index contributed by atoms with van der Waals surface area (Å²) in [6.07, 6.45) is 6.26. The topological polar surface area (TPSA) is 58.6 Å². The first kappa shape index (κ1) is 24.6. The Hall–Kier alpha value is 0.250. The van der Waals surface area contributed by atoms with Crippen LogP contribution in [0.3, 0.4) is 0 Å². The highest BCUT2D eigenvalue weighted by Gasteiger charge is 2.70. The van der Waals surface area contributed by atoms with Crippen molar-refractivity contribution in [3.05, 3.63) is 11.1 Å². The molecule has 4 nitrogen and oxygen atoms in total. The molecular weight excluding hydrogens is 558 g/mol. The number of carbonyl (C=O) groups excluding carboxylic acids is 1. The van der Waals surface area contributed by atoms with Gasteiger partial charge in [0.2, 0.25) is 0 Å². The molecule has 0 radical (unpaired) electrons. The molecule has 2 saturated heterocycles. The van der Waals surface area contributed by atoms with Crippen LogP contribution in [0.15, 0.2) is 11.1 Å². The molecule has 2 aliphatic heterocycles. The fraction of sp³-hybridized carbons (Fsp3) is 0.893. The zero-order chi connectivity index (χ0) is 24.4. The van der Waals surface area contributed by atoms with E-state index in [2.05, 4.69) is 71.8 Å². The molecule has 5 fully saturated rings. The minimum Gasteiger partial charge on any atom is -0.393 e. The molecule has 0 bridgehead atoms. The zero-order valence-corrected chi connectivity index (χ0v) is 24.5. The van der Waals surface area contributed by atoms with E-state index in [0.717, 1.165) is 50.6 Å². The van der Waals surface area contributed by atoms with Gasteiger partial charge in [0, 0.05) is 32.6 Å². The molecule has 6 heteroatoms. The number of ether oxygens (including phenoxy) is 1. The Balaban J connectivity index is 1.42. The number of fused-ring (bicyclic) bond motifs is 6. The molecule has 34 heavy (non-hydrogen) atoms. The highest BCUT2D eigenvalue weighted by Crippen LogP contribution is 2.69.